The monoisotopic (exact) mass is 546 g/mol. The number of hydrogen-bond donors (Lipinski definition) is 1. The Kier molecular flexibility index (Phi) is 10.0. The molecule has 1 saturated heterocycles. The van der Waals surface area contributed by atoms with E-state index in [-0.39, 0.29) is 49.3 Å². The molecule has 0 aliphatic carbocycles. The summed E-state index contributed by atoms with van der Waals surface area (Å²) in [6.45, 7) is 7.63. The molecule has 1 N–H and O–H groups in total. The van der Waals surface area contributed by atoms with Crippen molar-refractivity contribution in [2.24, 2.45) is 0 Å². The molecule has 0 bridgehead atoms. The normalized spacial score (nSPS) is 20.2. The third kappa shape index (κ3) is 6.90. The Bertz CT molecular complexity index is 1080. The van der Waals surface area contributed by atoms with E-state index in [1.165, 1.54) is 19.3 Å². The molecule has 12 nitrogen and oxygen atoms in total. The molecule has 2 aromatic heterocycles. The van der Waals surface area contributed by atoms with Gasteiger partial charge in [-0.2, -0.15) is 0 Å². The first kappa shape index (κ1) is 28.7. The zero-order chi connectivity index (χ0) is 26.5. The van der Waals surface area contributed by atoms with Gasteiger partial charge in [0.1, 0.15) is 17.5 Å². The summed E-state index contributed by atoms with van der Waals surface area (Å²) in [5.74, 6) is 0.761. The van der Waals surface area contributed by atoms with E-state index in [0.717, 1.165) is 12.8 Å². The van der Waals surface area contributed by atoms with Gasteiger partial charge in [-0.1, -0.05) is 11.6 Å². The Labute approximate surface area is 217 Å². The molecular formula is C22H35ClN6O6S. The smallest absolute Gasteiger partial charge is 0.240 e. The maximum Gasteiger partial charge on any atom is 0.240 e. The Hall–Kier alpha value is -1.90. The summed E-state index contributed by atoms with van der Waals surface area (Å²) in [7, 11) is -0.933. The summed E-state index contributed by atoms with van der Waals surface area (Å²) in [4.78, 5) is 8.38. The third-order valence-corrected chi connectivity index (χ3v) is 7.68. The lowest BCUT2D eigenvalue weighted by Gasteiger charge is -2.26. The average Bonchev–Trinajstić information content (AvgIpc) is 3.43. The van der Waals surface area contributed by atoms with Crippen LogP contribution in [0.25, 0.3) is 0 Å². The maximum absolute atomic E-state index is 13.6. The number of hydrogen-bond acceptors (Lipinski definition) is 10. The van der Waals surface area contributed by atoms with Crippen molar-refractivity contribution in [2.45, 2.75) is 76.2 Å². The SMILES string of the molecule is COCC(COC)n1c(NS(=O)(=O)[C@@H](C)[C@@H](OC(C)C)c2ncc(Cl)cn2)nnc1[C@H]1CC[C@@H](C)O1. The van der Waals surface area contributed by atoms with Gasteiger partial charge >= 0.3 is 0 Å². The first-order chi connectivity index (χ1) is 17.1. The van der Waals surface area contributed by atoms with Gasteiger partial charge in [0, 0.05) is 26.6 Å². The highest BCUT2D eigenvalue weighted by molar-refractivity contribution is 7.93. The third-order valence-electron chi connectivity index (χ3n) is 5.79. The maximum atomic E-state index is 13.6. The summed E-state index contributed by atoms with van der Waals surface area (Å²) in [6, 6.07) is -0.389. The van der Waals surface area contributed by atoms with Crippen molar-refractivity contribution in [3.8, 4) is 0 Å². The number of nitrogens with zero attached hydrogens (tertiary/aromatic N) is 5. The fourth-order valence-corrected chi connectivity index (χ4v) is 5.24. The van der Waals surface area contributed by atoms with Crippen molar-refractivity contribution in [3.63, 3.8) is 0 Å². The van der Waals surface area contributed by atoms with Gasteiger partial charge in [0.15, 0.2) is 11.6 Å². The molecule has 1 aliphatic heterocycles. The van der Waals surface area contributed by atoms with Crippen LogP contribution in [0.1, 0.15) is 70.4 Å². The molecule has 0 saturated carbocycles. The molecule has 0 amide bonds. The van der Waals surface area contributed by atoms with E-state index >= 15 is 0 Å². The minimum Gasteiger partial charge on any atom is -0.382 e. The molecule has 36 heavy (non-hydrogen) atoms. The van der Waals surface area contributed by atoms with Crippen LogP contribution in [0.15, 0.2) is 12.4 Å². The van der Waals surface area contributed by atoms with Gasteiger partial charge in [0.2, 0.25) is 16.0 Å². The van der Waals surface area contributed by atoms with E-state index in [0.29, 0.717) is 10.8 Å². The lowest BCUT2D eigenvalue weighted by Crippen LogP contribution is -2.35. The second kappa shape index (κ2) is 12.6. The van der Waals surface area contributed by atoms with Gasteiger partial charge in [-0.05, 0) is 40.5 Å². The summed E-state index contributed by atoms with van der Waals surface area (Å²) >= 11 is 5.92. The molecule has 14 heteroatoms. The molecule has 0 radical (unpaired) electrons. The highest BCUT2D eigenvalue weighted by Crippen LogP contribution is 2.35. The van der Waals surface area contributed by atoms with Gasteiger partial charge in [0.05, 0.1) is 36.5 Å². The molecule has 2 aromatic rings. The number of methoxy groups -OCH3 is 2. The number of sulfonamides is 1. The van der Waals surface area contributed by atoms with E-state index in [1.807, 2.05) is 6.92 Å². The van der Waals surface area contributed by atoms with Crippen molar-refractivity contribution in [3.05, 3.63) is 29.1 Å². The second-order valence-electron chi connectivity index (χ2n) is 9.05. The fraction of sp³-hybridized carbons (Fsp3) is 0.727. The van der Waals surface area contributed by atoms with Crippen LogP contribution in [0.5, 0.6) is 0 Å². The predicted molar refractivity (Wildman–Crippen MR) is 133 cm³/mol. The summed E-state index contributed by atoms with van der Waals surface area (Å²) < 4.78 is 54.2. The fourth-order valence-electron chi connectivity index (χ4n) is 4.05. The molecule has 1 fully saturated rings. The second-order valence-corrected chi connectivity index (χ2v) is 11.5. The lowest BCUT2D eigenvalue weighted by atomic mass is 10.2. The van der Waals surface area contributed by atoms with Crippen molar-refractivity contribution < 1.29 is 27.4 Å². The number of halogens is 1. The Morgan fingerprint density at radius 3 is 2.31 bits per heavy atom. The minimum absolute atomic E-state index is 0.0411. The number of ether oxygens (including phenoxy) is 4. The van der Waals surface area contributed by atoms with Crippen LogP contribution < -0.4 is 4.72 Å². The summed E-state index contributed by atoms with van der Waals surface area (Å²) in [5.41, 5.74) is 0. The standard InChI is InChI=1S/C22H35ClN6O6S/c1-13(2)34-19(20-24-9-16(23)10-25-20)15(4)36(30,31)28-22-27-26-21(18-8-7-14(3)35-18)29(22)17(11-32-5)12-33-6/h9-10,13-15,17-19H,7-8,11-12H2,1-6H3,(H,27,28)/t14-,15+,18-,19-/m1/s1. The summed E-state index contributed by atoms with van der Waals surface area (Å²) in [5, 5.41) is 7.74. The van der Waals surface area contributed by atoms with E-state index in [9.17, 15) is 8.42 Å². The molecule has 3 heterocycles. The van der Waals surface area contributed by atoms with E-state index in [1.54, 1.807) is 32.6 Å². The highest BCUT2D eigenvalue weighted by atomic mass is 35.5. The number of aromatic nitrogens is 5. The Morgan fingerprint density at radius 2 is 1.78 bits per heavy atom. The molecule has 0 unspecified atom stereocenters. The molecule has 3 rings (SSSR count). The van der Waals surface area contributed by atoms with Crippen molar-refractivity contribution in [1.82, 2.24) is 24.7 Å². The molecule has 4 atom stereocenters. The minimum atomic E-state index is -4.06. The summed E-state index contributed by atoms with van der Waals surface area (Å²) in [6.07, 6.45) is 2.92. The van der Waals surface area contributed by atoms with Crippen molar-refractivity contribution in [1.29, 1.82) is 0 Å². The van der Waals surface area contributed by atoms with Gasteiger partial charge in [-0.15, -0.1) is 10.2 Å². The molecular weight excluding hydrogens is 512 g/mol. The lowest BCUT2D eigenvalue weighted by molar-refractivity contribution is 0.00153. The molecule has 0 spiro atoms. The van der Waals surface area contributed by atoms with E-state index in [4.69, 9.17) is 30.5 Å². The first-order valence-corrected chi connectivity index (χ1v) is 13.7. The zero-order valence-electron chi connectivity index (χ0n) is 21.4. The molecule has 202 valence electrons. The van der Waals surface area contributed by atoms with E-state index in [2.05, 4.69) is 24.9 Å². The van der Waals surface area contributed by atoms with E-state index < -0.39 is 21.4 Å². The number of nitrogens with one attached hydrogen (secondary N) is 1. The van der Waals surface area contributed by atoms with Gasteiger partial charge < -0.3 is 18.9 Å². The van der Waals surface area contributed by atoms with Crippen LogP contribution in [0, 0.1) is 0 Å². The predicted octanol–water partition coefficient (Wildman–Crippen LogP) is 3.09. The largest absolute Gasteiger partial charge is 0.382 e. The first-order valence-electron chi connectivity index (χ1n) is 11.8. The molecule has 0 aromatic carbocycles. The quantitative estimate of drug-likeness (QED) is 0.398. The van der Waals surface area contributed by atoms with Crippen LogP contribution in [0.3, 0.4) is 0 Å². The molecule has 1 aliphatic rings. The Balaban J connectivity index is 1.97. The number of anilines is 1. The van der Waals surface area contributed by atoms with Crippen LogP contribution in [-0.2, 0) is 29.0 Å². The van der Waals surface area contributed by atoms with Crippen LogP contribution in [-0.4, -0.2) is 78.0 Å². The Morgan fingerprint density at radius 1 is 1.14 bits per heavy atom. The highest BCUT2D eigenvalue weighted by Gasteiger charge is 2.37. The van der Waals surface area contributed by atoms with Gasteiger partial charge in [-0.3, -0.25) is 9.29 Å². The van der Waals surface area contributed by atoms with Crippen molar-refractivity contribution >= 4 is 27.6 Å². The topological polar surface area (TPSA) is 140 Å². The number of rotatable bonds is 13. The van der Waals surface area contributed by atoms with Gasteiger partial charge in [-0.25, -0.2) is 18.4 Å². The average molecular weight is 547 g/mol. The zero-order valence-corrected chi connectivity index (χ0v) is 23.0. The van der Waals surface area contributed by atoms with Gasteiger partial charge in [0.25, 0.3) is 0 Å². The van der Waals surface area contributed by atoms with Crippen LogP contribution in [0.2, 0.25) is 5.02 Å². The van der Waals surface area contributed by atoms with Crippen LogP contribution in [0.4, 0.5) is 5.95 Å². The van der Waals surface area contributed by atoms with Crippen LogP contribution >= 0.6 is 11.6 Å². The van der Waals surface area contributed by atoms with Crippen molar-refractivity contribution in [2.75, 3.05) is 32.2 Å².